The highest BCUT2D eigenvalue weighted by atomic mass is 35.5. The molecule has 1 fully saturated rings. The van der Waals surface area contributed by atoms with Gasteiger partial charge in [0.2, 0.25) is 5.28 Å². The average molecular weight is 255 g/mol. The summed E-state index contributed by atoms with van der Waals surface area (Å²) in [6.45, 7) is 6.13. The minimum absolute atomic E-state index is 0.283. The molecule has 1 saturated heterocycles. The SMILES string of the molecule is CCC1CCCN(c2nc(Cl)nc(C)c2N)C1. The zero-order chi connectivity index (χ0) is 12.4. The van der Waals surface area contributed by atoms with E-state index < -0.39 is 0 Å². The summed E-state index contributed by atoms with van der Waals surface area (Å²) in [7, 11) is 0. The van der Waals surface area contributed by atoms with Crippen molar-refractivity contribution in [3.05, 3.63) is 11.0 Å². The zero-order valence-corrected chi connectivity index (χ0v) is 11.2. The number of nitrogens with two attached hydrogens (primary N) is 1. The lowest BCUT2D eigenvalue weighted by Gasteiger charge is -2.33. The molecule has 0 aliphatic carbocycles. The first-order valence-corrected chi connectivity index (χ1v) is 6.54. The van der Waals surface area contributed by atoms with Crippen molar-refractivity contribution >= 4 is 23.1 Å². The fraction of sp³-hybridized carbons (Fsp3) is 0.667. The Morgan fingerprint density at radius 1 is 1.47 bits per heavy atom. The highest BCUT2D eigenvalue weighted by Gasteiger charge is 2.22. The quantitative estimate of drug-likeness (QED) is 0.825. The molecular formula is C12H19ClN4. The number of anilines is 2. The van der Waals surface area contributed by atoms with Crippen molar-refractivity contribution < 1.29 is 0 Å². The first-order chi connectivity index (χ1) is 8.11. The first kappa shape index (κ1) is 12.4. The van der Waals surface area contributed by atoms with Gasteiger partial charge in [-0.1, -0.05) is 13.3 Å². The molecule has 4 nitrogen and oxygen atoms in total. The Labute approximate surface area is 107 Å². The van der Waals surface area contributed by atoms with E-state index in [0.29, 0.717) is 5.69 Å². The number of halogens is 1. The van der Waals surface area contributed by atoms with E-state index in [0.717, 1.165) is 30.5 Å². The molecule has 2 heterocycles. The summed E-state index contributed by atoms with van der Waals surface area (Å²) in [4.78, 5) is 10.6. The lowest BCUT2D eigenvalue weighted by molar-refractivity contribution is 0.403. The number of hydrogen-bond donors (Lipinski definition) is 1. The molecule has 0 bridgehead atoms. The van der Waals surface area contributed by atoms with Crippen molar-refractivity contribution in [2.45, 2.75) is 33.1 Å². The van der Waals surface area contributed by atoms with Crippen molar-refractivity contribution in [2.75, 3.05) is 23.7 Å². The Balaban J connectivity index is 2.27. The Hall–Kier alpha value is -1.03. The van der Waals surface area contributed by atoms with Crippen LogP contribution in [0.1, 0.15) is 31.9 Å². The minimum Gasteiger partial charge on any atom is -0.394 e. The van der Waals surface area contributed by atoms with Crippen molar-refractivity contribution in [2.24, 2.45) is 5.92 Å². The molecule has 1 aromatic heterocycles. The monoisotopic (exact) mass is 254 g/mol. The molecule has 0 aromatic carbocycles. The van der Waals surface area contributed by atoms with Crippen LogP contribution in [0, 0.1) is 12.8 Å². The molecule has 0 saturated carbocycles. The van der Waals surface area contributed by atoms with Gasteiger partial charge in [-0.2, -0.15) is 4.98 Å². The van der Waals surface area contributed by atoms with Crippen LogP contribution in [0.3, 0.4) is 0 Å². The molecule has 1 atom stereocenters. The molecule has 1 aliphatic heterocycles. The summed E-state index contributed by atoms with van der Waals surface area (Å²) >= 11 is 5.91. The predicted molar refractivity (Wildman–Crippen MR) is 71.4 cm³/mol. The average Bonchev–Trinajstić information content (AvgIpc) is 2.34. The van der Waals surface area contributed by atoms with Crippen molar-refractivity contribution in [1.29, 1.82) is 0 Å². The van der Waals surface area contributed by atoms with Crippen LogP contribution in [0.15, 0.2) is 0 Å². The van der Waals surface area contributed by atoms with E-state index in [2.05, 4.69) is 21.8 Å². The minimum atomic E-state index is 0.283. The molecule has 1 aromatic rings. The molecule has 2 N–H and O–H groups in total. The standard InChI is InChI=1S/C12H19ClN4/c1-3-9-5-4-6-17(7-9)11-10(14)8(2)15-12(13)16-11/h9H,3-7,14H2,1-2H3. The molecule has 94 valence electrons. The Kier molecular flexibility index (Phi) is 3.72. The van der Waals surface area contributed by atoms with Crippen molar-refractivity contribution in [1.82, 2.24) is 9.97 Å². The number of rotatable bonds is 2. The number of aromatic nitrogens is 2. The van der Waals surface area contributed by atoms with Crippen LogP contribution in [0.4, 0.5) is 11.5 Å². The number of nitrogen functional groups attached to an aromatic ring is 1. The third-order valence-electron chi connectivity index (χ3n) is 3.48. The lowest BCUT2D eigenvalue weighted by atomic mass is 9.95. The van der Waals surface area contributed by atoms with Crippen LogP contribution >= 0.6 is 11.6 Å². The summed E-state index contributed by atoms with van der Waals surface area (Å²) in [5.74, 6) is 1.54. The van der Waals surface area contributed by atoms with Gasteiger partial charge in [0.15, 0.2) is 5.82 Å². The van der Waals surface area contributed by atoms with Crippen LogP contribution in [-0.2, 0) is 0 Å². The molecular weight excluding hydrogens is 236 g/mol. The molecule has 1 aliphatic rings. The van der Waals surface area contributed by atoms with Crippen LogP contribution < -0.4 is 10.6 Å². The van der Waals surface area contributed by atoms with E-state index in [9.17, 15) is 0 Å². The smallest absolute Gasteiger partial charge is 0.224 e. The first-order valence-electron chi connectivity index (χ1n) is 6.16. The fourth-order valence-corrected chi connectivity index (χ4v) is 2.57. The van der Waals surface area contributed by atoms with Gasteiger partial charge in [0.25, 0.3) is 0 Å². The van der Waals surface area contributed by atoms with Gasteiger partial charge in [-0.3, -0.25) is 0 Å². The van der Waals surface area contributed by atoms with Gasteiger partial charge >= 0.3 is 0 Å². The Morgan fingerprint density at radius 2 is 2.24 bits per heavy atom. The molecule has 1 unspecified atom stereocenters. The van der Waals surface area contributed by atoms with Gasteiger partial charge in [0.1, 0.15) is 0 Å². The van der Waals surface area contributed by atoms with Crippen LogP contribution in [0.5, 0.6) is 0 Å². The summed E-state index contributed by atoms with van der Waals surface area (Å²) in [6.07, 6.45) is 3.69. The maximum absolute atomic E-state index is 6.04. The largest absolute Gasteiger partial charge is 0.394 e. The normalized spacial score (nSPS) is 20.6. The summed E-state index contributed by atoms with van der Waals surface area (Å²) in [5.41, 5.74) is 7.46. The molecule has 17 heavy (non-hydrogen) atoms. The van der Waals surface area contributed by atoms with Gasteiger partial charge in [-0.25, -0.2) is 4.98 Å². The summed E-state index contributed by atoms with van der Waals surface area (Å²) in [6, 6.07) is 0. The second-order valence-electron chi connectivity index (χ2n) is 4.68. The third-order valence-corrected chi connectivity index (χ3v) is 3.65. The summed E-state index contributed by atoms with van der Waals surface area (Å²) < 4.78 is 0. The second-order valence-corrected chi connectivity index (χ2v) is 5.02. The summed E-state index contributed by atoms with van der Waals surface area (Å²) in [5, 5.41) is 0.283. The van der Waals surface area contributed by atoms with Crippen molar-refractivity contribution in [3.8, 4) is 0 Å². The van der Waals surface area contributed by atoms with E-state index >= 15 is 0 Å². The molecule has 0 radical (unpaired) electrons. The zero-order valence-electron chi connectivity index (χ0n) is 10.4. The molecule has 2 rings (SSSR count). The molecule has 0 spiro atoms. The highest BCUT2D eigenvalue weighted by molar-refractivity contribution is 6.28. The maximum Gasteiger partial charge on any atom is 0.224 e. The van der Waals surface area contributed by atoms with Crippen LogP contribution in [-0.4, -0.2) is 23.1 Å². The number of piperidine rings is 1. The van der Waals surface area contributed by atoms with Gasteiger partial charge in [0, 0.05) is 13.1 Å². The van der Waals surface area contributed by atoms with Crippen LogP contribution in [0.2, 0.25) is 5.28 Å². The highest BCUT2D eigenvalue weighted by Crippen LogP contribution is 2.29. The van der Waals surface area contributed by atoms with E-state index in [1.807, 2.05) is 6.92 Å². The Morgan fingerprint density at radius 3 is 2.94 bits per heavy atom. The van der Waals surface area contributed by atoms with Gasteiger partial charge in [0.05, 0.1) is 11.4 Å². The van der Waals surface area contributed by atoms with Crippen molar-refractivity contribution in [3.63, 3.8) is 0 Å². The predicted octanol–water partition coefficient (Wildman–Crippen LogP) is 2.65. The van der Waals surface area contributed by atoms with E-state index in [-0.39, 0.29) is 5.28 Å². The molecule has 5 heteroatoms. The number of aryl methyl sites for hydroxylation is 1. The lowest BCUT2D eigenvalue weighted by Crippen LogP contribution is -2.36. The third kappa shape index (κ3) is 2.63. The Bertz CT molecular complexity index is 408. The van der Waals surface area contributed by atoms with Crippen LogP contribution in [0.25, 0.3) is 0 Å². The van der Waals surface area contributed by atoms with E-state index in [1.165, 1.54) is 19.3 Å². The fourth-order valence-electron chi connectivity index (χ4n) is 2.36. The topological polar surface area (TPSA) is 55.0 Å². The van der Waals surface area contributed by atoms with Gasteiger partial charge < -0.3 is 10.6 Å². The molecule has 0 amide bonds. The number of nitrogens with zero attached hydrogens (tertiary/aromatic N) is 3. The van der Waals surface area contributed by atoms with E-state index in [1.54, 1.807) is 0 Å². The second kappa shape index (κ2) is 5.08. The van der Waals surface area contributed by atoms with Gasteiger partial charge in [-0.05, 0) is 37.3 Å². The number of hydrogen-bond acceptors (Lipinski definition) is 4. The maximum atomic E-state index is 6.04. The van der Waals surface area contributed by atoms with Gasteiger partial charge in [-0.15, -0.1) is 0 Å². The van der Waals surface area contributed by atoms with E-state index in [4.69, 9.17) is 17.3 Å².